The summed E-state index contributed by atoms with van der Waals surface area (Å²) in [7, 11) is -3.54. The number of halogens is 1. The van der Waals surface area contributed by atoms with Gasteiger partial charge in [0.1, 0.15) is 0 Å². The van der Waals surface area contributed by atoms with Gasteiger partial charge >= 0.3 is 0 Å². The topological polar surface area (TPSA) is 86.7 Å². The average Bonchev–Trinajstić information content (AvgIpc) is 2.58. The van der Waals surface area contributed by atoms with Gasteiger partial charge < -0.3 is 10.4 Å². The number of aliphatic hydroxyl groups excluding tert-OH is 1. The predicted octanol–water partition coefficient (Wildman–Crippen LogP) is 2.03. The van der Waals surface area contributed by atoms with Crippen molar-refractivity contribution in [3.63, 3.8) is 0 Å². The van der Waals surface area contributed by atoms with Crippen LogP contribution in [0.4, 0.5) is 5.69 Å². The van der Waals surface area contributed by atoms with Crippen LogP contribution in [0.15, 0.2) is 48.5 Å². The predicted molar refractivity (Wildman–Crippen MR) is 98.3 cm³/mol. The van der Waals surface area contributed by atoms with Crippen LogP contribution in [-0.4, -0.2) is 38.8 Å². The summed E-state index contributed by atoms with van der Waals surface area (Å²) < 4.78 is 25.6. The smallest absolute Gasteiger partial charge is 0.251 e. The Morgan fingerprint density at radius 1 is 1.16 bits per heavy atom. The van der Waals surface area contributed by atoms with Crippen molar-refractivity contribution in [3.05, 3.63) is 64.7 Å². The molecule has 0 aliphatic rings. The lowest BCUT2D eigenvalue weighted by Crippen LogP contribution is -2.30. The third-order valence-corrected chi connectivity index (χ3v) is 5.00. The quantitative estimate of drug-likeness (QED) is 0.767. The van der Waals surface area contributed by atoms with Crippen LogP contribution in [0.1, 0.15) is 15.9 Å². The van der Waals surface area contributed by atoms with E-state index in [0.717, 1.165) is 6.26 Å². The number of sulfonamides is 1. The van der Waals surface area contributed by atoms with Crippen LogP contribution in [0.3, 0.4) is 0 Å². The molecule has 2 N–H and O–H groups in total. The summed E-state index contributed by atoms with van der Waals surface area (Å²) >= 11 is 6.13. The van der Waals surface area contributed by atoms with Crippen molar-refractivity contribution in [2.24, 2.45) is 0 Å². The number of carbonyl (C=O) groups is 1. The van der Waals surface area contributed by atoms with Gasteiger partial charge in [0.15, 0.2) is 0 Å². The standard InChI is InChI=1S/C17H19ClN2O4S/c1-25(23,24)20(12-14-4-2-3-5-16(14)18)15-8-6-13(7-9-15)17(22)19-10-11-21/h2-9,21H,10-12H2,1H3,(H,19,22). The Kier molecular flexibility index (Phi) is 6.41. The fraction of sp³-hybridized carbons (Fsp3) is 0.235. The Labute approximate surface area is 152 Å². The molecule has 0 fully saturated rings. The van der Waals surface area contributed by atoms with Gasteiger partial charge in [-0.2, -0.15) is 0 Å². The number of hydrogen-bond acceptors (Lipinski definition) is 4. The summed E-state index contributed by atoms with van der Waals surface area (Å²) in [5, 5.41) is 11.8. The van der Waals surface area contributed by atoms with Crippen molar-refractivity contribution in [2.75, 3.05) is 23.7 Å². The van der Waals surface area contributed by atoms with E-state index in [1.807, 2.05) is 0 Å². The van der Waals surface area contributed by atoms with E-state index in [0.29, 0.717) is 21.8 Å². The molecule has 1 amide bonds. The van der Waals surface area contributed by atoms with Crippen molar-refractivity contribution in [2.45, 2.75) is 6.54 Å². The van der Waals surface area contributed by atoms with Crippen molar-refractivity contribution >= 4 is 33.2 Å². The minimum atomic E-state index is -3.54. The fourth-order valence-corrected chi connectivity index (χ4v) is 3.31. The van der Waals surface area contributed by atoms with Crippen molar-refractivity contribution in [1.82, 2.24) is 5.32 Å². The molecule has 2 aromatic carbocycles. The summed E-state index contributed by atoms with van der Waals surface area (Å²) in [5.74, 6) is -0.336. The maximum Gasteiger partial charge on any atom is 0.251 e. The first-order valence-corrected chi connectivity index (χ1v) is 9.76. The molecule has 0 heterocycles. The number of rotatable bonds is 7. The first kappa shape index (κ1) is 19.2. The van der Waals surface area contributed by atoms with Gasteiger partial charge in [0, 0.05) is 17.1 Å². The molecule has 0 aromatic heterocycles. The maximum absolute atomic E-state index is 12.2. The summed E-state index contributed by atoms with van der Waals surface area (Å²) in [6.07, 6.45) is 1.12. The summed E-state index contributed by atoms with van der Waals surface area (Å²) in [6.45, 7) is 0.0978. The molecular formula is C17H19ClN2O4S. The lowest BCUT2D eigenvalue weighted by molar-refractivity contribution is 0.0945. The fourth-order valence-electron chi connectivity index (χ4n) is 2.23. The van der Waals surface area contributed by atoms with Crippen LogP contribution < -0.4 is 9.62 Å². The van der Waals surface area contributed by atoms with Crippen LogP contribution in [0.25, 0.3) is 0 Å². The summed E-state index contributed by atoms with van der Waals surface area (Å²) in [5.41, 5.74) is 1.49. The van der Waals surface area contributed by atoms with E-state index in [1.165, 1.54) is 16.4 Å². The van der Waals surface area contributed by atoms with Gasteiger partial charge in [-0.15, -0.1) is 0 Å². The first-order valence-electron chi connectivity index (χ1n) is 7.53. The van der Waals surface area contributed by atoms with Gasteiger partial charge in [-0.1, -0.05) is 29.8 Å². The van der Waals surface area contributed by atoms with Gasteiger partial charge in [0.25, 0.3) is 5.91 Å². The van der Waals surface area contributed by atoms with E-state index in [1.54, 1.807) is 36.4 Å². The highest BCUT2D eigenvalue weighted by Crippen LogP contribution is 2.24. The molecule has 0 saturated carbocycles. The van der Waals surface area contributed by atoms with Crippen LogP contribution in [0.5, 0.6) is 0 Å². The molecule has 0 spiro atoms. The Bertz CT molecular complexity index is 838. The second-order valence-corrected chi connectivity index (χ2v) is 7.70. The number of amides is 1. The average molecular weight is 383 g/mol. The van der Waals surface area contributed by atoms with Gasteiger partial charge in [-0.25, -0.2) is 8.42 Å². The van der Waals surface area contributed by atoms with E-state index >= 15 is 0 Å². The molecule has 6 nitrogen and oxygen atoms in total. The number of nitrogens with zero attached hydrogens (tertiary/aromatic N) is 1. The maximum atomic E-state index is 12.2. The van der Waals surface area contributed by atoms with Gasteiger partial charge in [0.05, 0.1) is 25.1 Å². The number of nitrogens with one attached hydrogen (secondary N) is 1. The zero-order valence-electron chi connectivity index (χ0n) is 13.6. The molecule has 0 aliphatic heterocycles. The van der Waals surface area contributed by atoms with E-state index in [-0.39, 0.29) is 25.6 Å². The Hall–Kier alpha value is -2.09. The highest BCUT2D eigenvalue weighted by molar-refractivity contribution is 7.92. The third kappa shape index (κ3) is 5.19. The number of benzene rings is 2. The molecule has 0 saturated heterocycles. The van der Waals surface area contributed by atoms with Crippen LogP contribution in [0, 0.1) is 0 Å². The SMILES string of the molecule is CS(=O)(=O)N(Cc1ccccc1Cl)c1ccc(C(=O)NCCO)cc1. The van der Waals surface area contributed by atoms with E-state index in [2.05, 4.69) is 5.32 Å². The molecule has 0 unspecified atom stereocenters. The van der Waals surface area contributed by atoms with Gasteiger partial charge in [0.2, 0.25) is 10.0 Å². The highest BCUT2D eigenvalue weighted by Gasteiger charge is 2.19. The van der Waals surface area contributed by atoms with Crippen molar-refractivity contribution in [3.8, 4) is 0 Å². The van der Waals surface area contributed by atoms with E-state index in [4.69, 9.17) is 16.7 Å². The molecule has 0 atom stereocenters. The molecule has 2 rings (SSSR count). The number of carbonyl (C=O) groups excluding carboxylic acids is 1. The van der Waals surface area contributed by atoms with Crippen LogP contribution in [-0.2, 0) is 16.6 Å². The highest BCUT2D eigenvalue weighted by atomic mass is 35.5. The lowest BCUT2D eigenvalue weighted by atomic mass is 10.1. The molecule has 0 radical (unpaired) electrons. The van der Waals surface area contributed by atoms with E-state index < -0.39 is 10.0 Å². The molecule has 8 heteroatoms. The summed E-state index contributed by atoms with van der Waals surface area (Å²) in [4.78, 5) is 11.8. The van der Waals surface area contributed by atoms with Gasteiger partial charge in [-0.3, -0.25) is 9.10 Å². The zero-order valence-corrected chi connectivity index (χ0v) is 15.2. The Morgan fingerprint density at radius 3 is 2.36 bits per heavy atom. The number of hydrogen-bond donors (Lipinski definition) is 2. The molecular weight excluding hydrogens is 364 g/mol. The van der Waals surface area contributed by atoms with Crippen LogP contribution >= 0.6 is 11.6 Å². The second kappa shape index (κ2) is 8.33. The van der Waals surface area contributed by atoms with E-state index in [9.17, 15) is 13.2 Å². The third-order valence-electron chi connectivity index (χ3n) is 3.49. The monoisotopic (exact) mass is 382 g/mol. The molecule has 0 bridgehead atoms. The lowest BCUT2D eigenvalue weighted by Gasteiger charge is -2.23. The minimum Gasteiger partial charge on any atom is -0.395 e. The molecule has 134 valence electrons. The minimum absolute atomic E-state index is 0.0918. The largest absolute Gasteiger partial charge is 0.395 e. The normalized spacial score (nSPS) is 11.2. The number of anilines is 1. The van der Waals surface area contributed by atoms with Crippen molar-refractivity contribution < 1.29 is 18.3 Å². The second-order valence-electron chi connectivity index (χ2n) is 5.39. The van der Waals surface area contributed by atoms with Gasteiger partial charge in [-0.05, 0) is 35.9 Å². The number of aliphatic hydroxyl groups is 1. The summed E-state index contributed by atoms with van der Waals surface area (Å²) in [6, 6.07) is 13.2. The molecule has 2 aromatic rings. The molecule has 0 aliphatic carbocycles. The molecule has 25 heavy (non-hydrogen) atoms. The zero-order chi connectivity index (χ0) is 18.4. The first-order chi connectivity index (χ1) is 11.8. The van der Waals surface area contributed by atoms with Crippen LogP contribution in [0.2, 0.25) is 5.02 Å². The van der Waals surface area contributed by atoms with Crippen molar-refractivity contribution in [1.29, 1.82) is 0 Å². The Morgan fingerprint density at radius 2 is 1.80 bits per heavy atom. The Balaban J connectivity index is 2.27.